The highest BCUT2D eigenvalue weighted by Crippen LogP contribution is 2.30. The monoisotopic (exact) mass is 310 g/mol. The van der Waals surface area contributed by atoms with Crippen molar-refractivity contribution in [2.75, 3.05) is 38.2 Å². The third kappa shape index (κ3) is 3.62. The highest BCUT2D eigenvalue weighted by molar-refractivity contribution is 6.32. The second kappa shape index (κ2) is 6.14. The lowest BCUT2D eigenvalue weighted by atomic mass is 9.94. The van der Waals surface area contributed by atoms with E-state index < -0.39 is 0 Å². The van der Waals surface area contributed by atoms with Gasteiger partial charge in [-0.05, 0) is 18.2 Å². The number of benzene rings is 1. The largest absolute Gasteiger partial charge is 0.495 e. The first-order valence-electron chi connectivity index (χ1n) is 7.21. The number of amides is 1. The zero-order chi connectivity index (χ0) is 15.6. The zero-order valence-corrected chi connectivity index (χ0v) is 13.9. The van der Waals surface area contributed by atoms with E-state index in [2.05, 4.69) is 4.90 Å². The first-order valence-corrected chi connectivity index (χ1v) is 7.58. The van der Waals surface area contributed by atoms with Gasteiger partial charge in [-0.25, -0.2) is 0 Å². The van der Waals surface area contributed by atoms with Gasteiger partial charge in [0, 0.05) is 37.3 Å². The maximum Gasteiger partial charge on any atom is 0.228 e. The molecule has 1 aliphatic rings. The Morgan fingerprint density at radius 2 is 1.81 bits per heavy atom. The number of hydrogen-bond acceptors (Lipinski definition) is 3. The van der Waals surface area contributed by atoms with Gasteiger partial charge >= 0.3 is 0 Å². The molecule has 0 radical (unpaired) electrons. The minimum Gasteiger partial charge on any atom is -0.495 e. The molecule has 0 aliphatic carbocycles. The van der Waals surface area contributed by atoms with E-state index >= 15 is 0 Å². The maximum atomic E-state index is 12.3. The quantitative estimate of drug-likeness (QED) is 0.841. The first kappa shape index (κ1) is 16.0. The molecular weight excluding hydrogens is 288 g/mol. The van der Waals surface area contributed by atoms with E-state index in [1.165, 1.54) is 0 Å². The minimum absolute atomic E-state index is 0.218. The Hall–Kier alpha value is -1.42. The van der Waals surface area contributed by atoms with Gasteiger partial charge in [-0.2, -0.15) is 0 Å². The summed E-state index contributed by atoms with van der Waals surface area (Å²) >= 11 is 6.17. The number of nitrogens with zero attached hydrogens (tertiary/aromatic N) is 2. The Morgan fingerprint density at radius 3 is 2.29 bits per heavy atom. The van der Waals surface area contributed by atoms with Crippen molar-refractivity contribution in [2.45, 2.75) is 20.8 Å². The molecule has 1 aromatic carbocycles. The van der Waals surface area contributed by atoms with Crippen molar-refractivity contribution in [2.24, 2.45) is 5.41 Å². The van der Waals surface area contributed by atoms with Crippen LogP contribution in [0.25, 0.3) is 0 Å². The summed E-state index contributed by atoms with van der Waals surface area (Å²) in [5.74, 6) is 0.900. The van der Waals surface area contributed by atoms with Crippen molar-refractivity contribution in [3.05, 3.63) is 23.2 Å². The summed E-state index contributed by atoms with van der Waals surface area (Å²) in [6.07, 6.45) is 0. The fourth-order valence-corrected chi connectivity index (χ4v) is 2.75. The summed E-state index contributed by atoms with van der Waals surface area (Å²) in [5.41, 5.74) is 0.759. The third-order valence-electron chi connectivity index (χ3n) is 3.71. The zero-order valence-electron chi connectivity index (χ0n) is 13.1. The van der Waals surface area contributed by atoms with Crippen molar-refractivity contribution >= 4 is 23.2 Å². The molecule has 1 aromatic rings. The molecule has 1 heterocycles. The molecule has 0 aromatic heterocycles. The maximum absolute atomic E-state index is 12.3. The van der Waals surface area contributed by atoms with Crippen molar-refractivity contribution in [1.82, 2.24) is 4.90 Å². The smallest absolute Gasteiger partial charge is 0.228 e. The summed E-state index contributed by atoms with van der Waals surface area (Å²) in [5, 5.41) is 0.614. The van der Waals surface area contributed by atoms with E-state index in [9.17, 15) is 4.79 Å². The molecule has 1 fully saturated rings. The van der Waals surface area contributed by atoms with Crippen LogP contribution in [-0.2, 0) is 4.79 Å². The van der Waals surface area contributed by atoms with Crippen LogP contribution in [0.15, 0.2) is 18.2 Å². The van der Waals surface area contributed by atoms with Crippen LogP contribution < -0.4 is 9.64 Å². The average Bonchev–Trinajstić information content (AvgIpc) is 2.45. The number of rotatable bonds is 2. The predicted molar refractivity (Wildman–Crippen MR) is 86.3 cm³/mol. The standard InChI is InChI=1S/C16H23ClN2O2/c1-16(2,3)15(20)19-9-7-18(8-10-19)12-5-6-14(21-4)13(17)11-12/h5-6,11H,7-10H2,1-4H3. The summed E-state index contributed by atoms with van der Waals surface area (Å²) in [6, 6.07) is 5.80. The Balaban J connectivity index is 2.01. The van der Waals surface area contributed by atoms with Gasteiger partial charge in [0.15, 0.2) is 0 Å². The number of anilines is 1. The summed E-state index contributed by atoms with van der Waals surface area (Å²) in [6.45, 7) is 9.04. The third-order valence-corrected chi connectivity index (χ3v) is 4.00. The van der Waals surface area contributed by atoms with Gasteiger partial charge in [-0.15, -0.1) is 0 Å². The number of carbonyl (C=O) groups is 1. The van der Waals surface area contributed by atoms with Gasteiger partial charge in [0.05, 0.1) is 12.1 Å². The van der Waals surface area contributed by atoms with E-state index in [-0.39, 0.29) is 11.3 Å². The number of halogens is 1. The van der Waals surface area contributed by atoms with Crippen LogP contribution in [0.1, 0.15) is 20.8 Å². The van der Waals surface area contributed by atoms with Crippen molar-refractivity contribution < 1.29 is 9.53 Å². The molecule has 0 unspecified atom stereocenters. The Bertz CT molecular complexity index is 517. The van der Waals surface area contributed by atoms with Gasteiger partial charge in [-0.1, -0.05) is 32.4 Å². The fourth-order valence-electron chi connectivity index (χ4n) is 2.49. The van der Waals surface area contributed by atoms with Crippen molar-refractivity contribution in [3.63, 3.8) is 0 Å². The molecule has 4 nitrogen and oxygen atoms in total. The van der Waals surface area contributed by atoms with Crippen LogP contribution in [0.3, 0.4) is 0 Å². The molecule has 0 bridgehead atoms. The van der Waals surface area contributed by atoms with E-state index in [0.29, 0.717) is 10.8 Å². The normalized spacial score (nSPS) is 16.0. The lowest BCUT2D eigenvalue weighted by Gasteiger charge is -2.38. The van der Waals surface area contributed by atoms with Crippen LogP contribution in [-0.4, -0.2) is 44.1 Å². The highest BCUT2D eigenvalue weighted by Gasteiger charge is 2.29. The van der Waals surface area contributed by atoms with Crippen LogP contribution in [0.2, 0.25) is 5.02 Å². The molecule has 21 heavy (non-hydrogen) atoms. The molecule has 5 heteroatoms. The fraction of sp³-hybridized carbons (Fsp3) is 0.562. The molecule has 0 saturated carbocycles. The molecule has 0 atom stereocenters. The predicted octanol–water partition coefficient (Wildman–Crippen LogP) is 3.04. The van der Waals surface area contributed by atoms with Gasteiger partial charge in [-0.3, -0.25) is 4.79 Å². The molecule has 2 rings (SSSR count). The lowest BCUT2D eigenvalue weighted by Crippen LogP contribution is -2.51. The lowest BCUT2D eigenvalue weighted by molar-refractivity contribution is -0.139. The topological polar surface area (TPSA) is 32.8 Å². The van der Waals surface area contributed by atoms with Crippen LogP contribution >= 0.6 is 11.6 Å². The Kier molecular flexibility index (Phi) is 4.67. The van der Waals surface area contributed by atoms with Crippen LogP contribution in [0, 0.1) is 5.41 Å². The Morgan fingerprint density at radius 1 is 1.19 bits per heavy atom. The number of ether oxygens (including phenoxy) is 1. The summed E-state index contributed by atoms with van der Waals surface area (Å²) in [4.78, 5) is 16.5. The highest BCUT2D eigenvalue weighted by atomic mass is 35.5. The van der Waals surface area contributed by atoms with Crippen molar-refractivity contribution in [1.29, 1.82) is 0 Å². The number of carbonyl (C=O) groups excluding carboxylic acids is 1. The van der Waals surface area contributed by atoms with Gasteiger partial charge in [0.1, 0.15) is 5.75 Å². The number of methoxy groups -OCH3 is 1. The van der Waals surface area contributed by atoms with E-state index in [1.54, 1.807) is 7.11 Å². The second-order valence-corrected chi connectivity index (χ2v) is 6.76. The van der Waals surface area contributed by atoms with Crippen LogP contribution in [0.4, 0.5) is 5.69 Å². The molecule has 1 saturated heterocycles. The van der Waals surface area contributed by atoms with Crippen LogP contribution in [0.5, 0.6) is 5.75 Å². The van der Waals surface area contributed by atoms with E-state index in [0.717, 1.165) is 31.9 Å². The average molecular weight is 311 g/mol. The summed E-state index contributed by atoms with van der Waals surface area (Å²) in [7, 11) is 1.61. The molecule has 0 N–H and O–H groups in total. The van der Waals surface area contributed by atoms with Gasteiger partial charge in [0.25, 0.3) is 0 Å². The minimum atomic E-state index is -0.314. The first-order chi connectivity index (χ1) is 9.82. The Labute approximate surface area is 131 Å². The van der Waals surface area contributed by atoms with E-state index in [1.807, 2.05) is 43.9 Å². The molecular formula is C16H23ClN2O2. The van der Waals surface area contributed by atoms with Gasteiger partial charge < -0.3 is 14.5 Å². The number of piperazine rings is 1. The molecule has 0 spiro atoms. The number of hydrogen-bond donors (Lipinski definition) is 0. The van der Waals surface area contributed by atoms with E-state index in [4.69, 9.17) is 16.3 Å². The molecule has 1 amide bonds. The van der Waals surface area contributed by atoms with Crippen molar-refractivity contribution in [3.8, 4) is 5.75 Å². The molecule has 116 valence electrons. The summed E-state index contributed by atoms with van der Waals surface area (Å²) < 4.78 is 5.17. The van der Waals surface area contributed by atoms with Gasteiger partial charge in [0.2, 0.25) is 5.91 Å². The SMILES string of the molecule is COc1ccc(N2CCN(C(=O)C(C)(C)C)CC2)cc1Cl. The molecule has 1 aliphatic heterocycles. The second-order valence-electron chi connectivity index (χ2n) is 6.35.